The average Bonchev–Trinajstić information content (AvgIpc) is 3.16. The number of hydrogen-bond donors (Lipinski definition) is 0. The lowest BCUT2D eigenvalue weighted by atomic mass is 9.67. The smallest absolute Gasteiger partial charge is 0.0691 e. The second-order valence-electron chi connectivity index (χ2n) is 8.08. The van der Waals surface area contributed by atoms with E-state index in [1.807, 2.05) is 12.3 Å². The predicted octanol–water partition coefficient (Wildman–Crippen LogP) is 5.90. The van der Waals surface area contributed by atoms with Gasteiger partial charge in [0.15, 0.2) is 0 Å². The third-order valence-corrected chi connectivity index (χ3v) is 6.45. The fraction of sp³-hybridized carbons (Fsp3) is 0.565. The van der Waals surface area contributed by atoms with Crippen molar-refractivity contribution in [1.82, 2.24) is 9.97 Å². The van der Waals surface area contributed by atoms with Crippen LogP contribution in [0.4, 0.5) is 0 Å². The molecule has 0 radical (unpaired) electrons. The Hall–Kier alpha value is -1.45. The van der Waals surface area contributed by atoms with Crippen LogP contribution in [0.25, 0.3) is 0 Å². The summed E-state index contributed by atoms with van der Waals surface area (Å²) < 4.78 is 23.4. The molecule has 2 fully saturated rings. The van der Waals surface area contributed by atoms with Gasteiger partial charge in [-0.2, -0.15) is 0 Å². The van der Waals surface area contributed by atoms with Crippen molar-refractivity contribution < 1.29 is 7.48 Å². The molecule has 1 aliphatic heterocycles. The Morgan fingerprint density at radius 3 is 2.81 bits per heavy atom. The lowest BCUT2D eigenvalue weighted by molar-refractivity contribution is -0.104. The van der Waals surface area contributed by atoms with Crippen LogP contribution in [0.3, 0.4) is 0 Å². The van der Waals surface area contributed by atoms with E-state index in [1.165, 1.54) is 12.8 Å². The number of aromatic nitrogens is 2. The maximum Gasteiger partial charge on any atom is 0.0691 e. The van der Waals surface area contributed by atoms with E-state index in [-0.39, 0.29) is 11.0 Å². The fourth-order valence-electron chi connectivity index (χ4n) is 4.96. The Balaban J connectivity index is 1.52. The summed E-state index contributed by atoms with van der Waals surface area (Å²) in [6.07, 6.45) is 12.4. The molecule has 27 heavy (non-hydrogen) atoms. The molecule has 4 heteroatoms. The molecule has 0 amide bonds. The molecular weight excluding hydrogens is 356 g/mol. The van der Waals surface area contributed by atoms with Gasteiger partial charge in [-0.3, -0.25) is 9.97 Å². The minimum Gasteiger partial charge on any atom is -0.375 e. The number of ether oxygens (including phenoxy) is 1. The molecule has 3 heterocycles. The molecule has 2 aromatic heterocycles. The van der Waals surface area contributed by atoms with Gasteiger partial charge >= 0.3 is 0 Å². The van der Waals surface area contributed by atoms with E-state index in [0.717, 1.165) is 50.8 Å². The second kappa shape index (κ2) is 8.28. The van der Waals surface area contributed by atoms with E-state index in [4.69, 9.17) is 24.1 Å². The molecule has 0 bridgehead atoms. The zero-order chi connectivity index (χ0) is 20.4. The molecule has 1 atom stereocenters. The van der Waals surface area contributed by atoms with Crippen LogP contribution >= 0.6 is 11.6 Å². The summed E-state index contributed by atoms with van der Waals surface area (Å²) in [5, 5.41) is 0.476. The standard InChI is InChI=1S/C23H29ClN2O/c24-20-15-19(16-25-17-20)7-1-3-9-22(21-8-2-6-13-26-21)12-14-27-23(18-22)10-4-5-11-23/h2,6,8,13,15-17H,1,3-5,7,9-12,14,18H2/t22-/m1/s1/i7D2. The molecule has 144 valence electrons. The van der Waals surface area contributed by atoms with Crippen LogP contribution in [-0.2, 0) is 16.5 Å². The first-order valence-corrected chi connectivity index (χ1v) is 10.5. The lowest BCUT2D eigenvalue weighted by Gasteiger charge is -2.46. The molecule has 1 saturated carbocycles. The number of pyridine rings is 2. The van der Waals surface area contributed by atoms with Crippen LogP contribution in [0.15, 0.2) is 42.9 Å². The van der Waals surface area contributed by atoms with E-state index in [2.05, 4.69) is 17.1 Å². The topological polar surface area (TPSA) is 35.0 Å². The van der Waals surface area contributed by atoms with E-state index in [9.17, 15) is 0 Å². The summed E-state index contributed by atoms with van der Waals surface area (Å²) in [5.74, 6) is 0. The van der Waals surface area contributed by atoms with Crippen molar-refractivity contribution >= 4 is 11.6 Å². The van der Waals surface area contributed by atoms with Crippen molar-refractivity contribution in [2.75, 3.05) is 6.61 Å². The van der Waals surface area contributed by atoms with Crippen LogP contribution in [0, 0.1) is 0 Å². The molecule has 3 nitrogen and oxygen atoms in total. The molecule has 2 aliphatic rings. The van der Waals surface area contributed by atoms with Gasteiger partial charge in [-0.05, 0) is 68.7 Å². The van der Waals surface area contributed by atoms with Gasteiger partial charge < -0.3 is 4.74 Å². The molecule has 0 unspecified atom stereocenters. The molecule has 0 aromatic carbocycles. The van der Waals surface area contributed by atoms with E-state index in [1.54, 1.807) is 18.5 Å². The quantitative estimate of drug-likeness (QED) is 0.619. The van der Waals surface area contributed by atoms with E-state index >= 15 is 0 Å². The highest BCUT2D eigenvalue weighted by atomic mass is 35.5. The summed E-state index contributed by atoms with van der Waals surface area (Å²) in [6.45, 7) is 0.766. The van der Waals surface area contributed by atoms with Gasteiger partial charge in [-0.15, -0.1) is 0 Å². The summed E-state index contributed by atoms with van der Waals surface area (Å²) in [5.41, 5.74) is 1.65. The van der Waals surface area contributed by atoms with Gasteiger partial charge in [0.05, 0.1) is 10.6 Å². The minimum atomic E-state index is -1.45. The van der Waals surface area contributed by atoms with Crippen molar-refractivity contribution in [3.05, 3.63) is 59.1 Å². The largest absolute Gasteiger partial charge is 0.375 e. The highest BCUT2D eigenvalue weighted by molar-refractivity contribution is 6.30. The zero-order valence-corrected chi connectivity index (χ0v) is 16.5. The lowest BCUT2D eigenvalue weighted by Crippen LogP contribution is -2.46. The van der Waals surface area contributed by atoms with Gasteiger partial charge in [0.25, 0.3) is 0 Å². The summed E-state index contributed by atoms with van der Waals surface area (Å²) in [4.78, 5) is 8.80. The zero-order valence-electron chi connectivity index (χ0n) is 17.8. The van der Waals surface area contributed by atoms with Gasteiger partial charge in [0, 0.05) is 39.0 Å². The van der Waals surface area contributed by atoms with Gasteiger partial charge in [0.2, 0.25) is 0 Å². The highest BCUT2D eigenvalue weighted by Crippen LogP contribution is 2.50. The third-order valence-electron chi connectivity index (χ3n) is 6.24. The summed E-state index contributed by atoms with van der Waals surface area (Å²) in [7, 11) is 0. The normalized spacial score (nSPS) is 26.0. The van der Waals surface area contributed by atoms with Gasteiger partial charge in [-0.25, -0.2) is 0 Å². The van der Waals surface area contributed by atoms with Crippen LogP contribution in [0.1, 0.15) is 71.8 Å². The average molecular weight is 387 g/mol. The highest BCUT2D eigenvalue weighted by Gasteiger charge is 2.48. The number of rotatable bonds is 6. The maximum absolute atomic E-state index is 8.54. The first-order chi connectivity index (χ1) is 13.9. The van der Waals surface area contributed by atoms with Crippen LogP contribution in [-0.4, -0.2) is 22.2 Å². The van der Waals surface area contributed by atoms with Crippen molar-refractivity contribution in [3.63, 3.8) is 0 Å². The fourth-order valence-corrected chi connectivity index (χ4v) is 5.14. The van der Waals surface area contributed by atoms with Crippen molar-refractivity contribution in [2.45, 2.75) is 75.2 Å². The number of aryl methyl sites for hydroxylation is 1. The number of nitrogens with zero attached hydrogens (tertiary/aromatic N) is 2. The number of hydrogen-bond acceptors (Lipinski definition) is 3. The van der Waals surface area contributed by atoms with Gasteiger partial charge in [0.1, 0.15) is 0 Å². The van der Waals surface area contributed by atoms with Crippen molar-refractivity contribution in [2.24, 2.45) is 0 Å². The van der Waals surface area contributed by atoms with Crippen LogP contribution < -0.4 is 0 Å². The Labute approximate surface area is 170 Å². The molecule has 1 aliphatic carbocycles. The van der Waals surface area contributed by atoms with E-state index < -0.39 is 6.37 Å². The SMILES string of the molecule is [2H]C([2H])(CCC[C@@]1(c2ccccn2)CCOC2(CCCC2)C1)c1cncc(Cl)c1. The summed E-state index contributed by atoms with van der Waals surface area (Å²) >= 11 is 6.03. The molecule has 4 rings (SSSR count). The molecule has 1 spiro atoms. The first kappa shape index (κ1) is 16.5. The van der Waals surface area contributed by atoms with Crippen molar-refractivity contribution in [1.29, 1.82) is 0 Å². The van der Waals surface area contributed by atoms with Crippen molar-refractivity contribution in [3.8, 4) is 0 Å². The predicted molar refractivity (Wildman–Crippen MR) is 109 cm³/mol. The van der Waals surface area contributed by atoms with Gasteiger partial charge in [-0.1, -0.05) is 36.9 Å². The molecule has 1 saturated heterocycles. The Morgan fingerprint density at radius 1 is 1.15 bits per heavy atom. The summed E-state index contributed by atoms with van der Waals surface area (Å²) in [6, 6.07) is 7.86. The molecular formula is C23H29ClN2O. The molecule has 0 N–H and O–H groups in total. The van der Waals surface area contributed by atoms with Crippen LogP contribution in [0.2, 0.25) is 5.02 Å². The van der Waals surface area contributed by atoms with Crippen LogP contribution in [0.5, 0.6) is 0 Å². The Morgan fingerprint density at radius 2 is 2.04 bits per heavy atom. The van der Waals surface area contributed by atoms with E-state index in [0.29, 0.717) is 17.0 Å². The third kappa shape index (κ3) is 4.35. The number of halogens is 1. The molecule has 2 aromatic rings. The first-order valence-electron chi connectivity index (χ1n) is 11.1. The minimum absolute atomic E-state index is 0.00827. The maximum atomic E-state index is 8.54. The monoisotopic (exact) mass is 386 g/mol. The second-order valence-corrected chi connectivity index (χ2v) is 8.52. The Bertz CT molecular complexity index is 827. The Kier molecular flexibility index (Phi) is 5.06.